The molecule has 1 aliphatic rings. The van der Waals surface area contributed by atoms with Crippen molar-refractivity contribution in [2.45, 2.75) is 40.2 Å². The van der Waals surface area contributed by atoms with Gasteiger partial charge in [0.2, 0.25) is 5.95 Å². The van der Waals surface area contributed by atoms with E-state index in [1.165, 1.54) is 16.6 Å². The van der Waals surface area contributed by atoms with Crippen LogP contribution in [-0.4, -0.2) is 35.7 Å². The van der Waals surface area contributed by atoms with Crippen LogP contribution in [0.5, 0.6) is 0 Å². The average molecular weight is 381 g/mol. The molecule has 4 rings (SSSR count). The van der Waals surface area contributed by atoms with Crippen LogP contribution in [0.2, 0.25) is 0 Å². The van der Waals surface area contributed by atoms with E-state index in [9.17, 15) is 4.39 Å². The van der Waals surface area contributed by atoms with Gasteiger partial charge in [-0.3, -0.25) is 0 Å². The minimum Gasteiger partial charge on any atom is -0.340 e. The number of hydrogen-bond acceptors (Lipinski definition) is 3. The summed E-state index contributed by atoms with van der Waals surface area (Å²) in [4.78, 5) is 7.38. The first kappa shape index (κ1) is 18.9. The van der Waals surface area contributed by atoms with Crippen molar-refractivity contribution in [1.29, 1.82) is 0 Å². The lowest BCUT2D eigenvalue weighted by molar-refractivity contribution is 0.571. The van der Waals surface area contributed by atoms with Gasteiger partial charge in [0.15, 0.2) is 0 Å². The zero-order chi connectivity index (χ0) is 19.7. The highest BCUT2D eigenvalue weighted by molar-refractivity contribution is 5.81. The third-order valence-electron chi connectivity index (χ3n) is 5.80. The highest BCUT2D eigenvalue weighted by atomic mass is 19.1. The largest absolute Gasteiger partial charge is 0.340 e. The van der Waals surface area contributed by atoms with E-state index in [0.29, 0.717) is 13.0 Å². The quantitative estimate of drug-likeness (QED) is 0.724. The third kappa shape index (κ3) is 3.51. The number of nitrogens with zero attached hydrogens (tertiary/aromatic N) is 3. The van der Waals surface area contributed by atoms with Gasteiger partial charge in [-0.15, -0.1) is 0 Å². The molecule has 0 spiro atoms. The summed E-state index contributed by atoms with van der Waals surface area (Å²) in [6.45, 7) is 10.9. The lowest BCUT2D eigenvalue weighted by atomic mass is 10.1. The molecule has 0 atom stereocenters. The van der Waals surface area contributed by atoms with E-state index in [1.807, 2.05) is 19.1 Å². The Hall–Kier alpha value is -2.40. The van der Waals surface area contributed by atoms with Crippen molar-refractivity contribution in [2.75, 3.05) is 31.1 Å². The molecule has 3 aromatic rings. The van der Waals surface area contributed by atoms with Gasteiger partial charge < -0.3 is 14.8 Å². The number of anilines is 1. The molecular weight excluding hydrogens is 351 g/mol. The van der Waals surface area contributed by atoms with E-state index in [0.717, 1.165) is 55.2 Å². The summed E-state index contributed by atoms with van der Waals surface area (Å²) < 4.78 is 16.3. The summed E-state index contributed by atoms with van der Waals surface area (Å²) >= 11 is 0. The number of aryl methyl sites for hydroxylation is 3. The average Bonchev–Trinajstić information content (AvgIpc) is 3.06. The van der Waals surface area contributed by atoms with Gasteiger partial charge in [0.1, 0.15) is 5.82 Å². The predicted octanol–water partition coefficient (Wildman–Crippen LogP) is 4.07. The van der Waals surface area contributed by atoms with Gasteiger partial charge in [-0.1, -0.05) is 26.0 Å². The molecule has 28 heavy (non-hydrogen) atoms. The van der Waals surface area contributed by atoms with Crippen molar-refractivity contribution in [3.8, 4) is 0 Å². The maximum absolute atomic E-state index is 14.0. The summed E-state index contributed by atoms with van der Waals surface area (Å²) in [5.41, 5.74) is 6.75. The number of nitrogens with one attached hydrogen (secondary N) is 1. The summed E-state index contributed by atoms with van der Waals surface area (Å²) in [6, 6.07) is 9.99. The zero-order valence-corrected chi connectivity index (χ0v) is 17.1. The second kappa shape index (κ2) is 7.92. The SMILES string of the molecule is CCc1cc2c(cc1C)nc(N1CCNCC1)n2Cc1ccc(F)c(CC)c1. The first-order valence-corrected chi connectivity index (χ1v) is 10.3. The maximum atomic E-state index is 14.0. The van der Waals surface area contributed by atoms with Crippen LogP contribution >= 0.6 is 0 Å². The monoisotopic (exact) mass is 380 g/mol. The van der Waals surface area contributed by atoms with Crippen LogP contribution in [0.4, 0.5) is 10.3 Å². The van der Waals surface area contributed by atoms with E-state index in [4.69, 9.17) is 4.98 Å². The number of piperazine rings is 1. The topological polar surface area (TPSA) is 33.1 Å². The van der Waals surface area contributed by atoms with E-state index < -0.39 is 0 Å². The molecule has 0 unspecified atom stereocenters. The Bertz CT molecular complexity index is 986. The molecule has 4 nitrogen and oxygen atoms in total. The van der Waals surface area contributed by atoms with Crippen LogP contribution in [-0.2, 0) is 19.4 Å². The highest BCUT2D eigenvalue weighted by Gasteiger charge is 2.20. The lowest BCUT2D eigenvalue weighted by Gasteiger charge is -2.29. The fourth-order valence-electron chi connectivity index (χ4n) is 4.13. The van der Waals surface area contributed by atoms with Gasteiger partial charge in [0, 0.05) is 26.2 Å². The Labute approximate surface area is 166 Å². The van der Waals surface area contributed by atoms with Crippen molar-refractivity contribution >= 4 is 17.0 Å². The Morgan fingerprint density at radius 1 is 1.04 bits per heavy atom. The van der Waals surface area contributed by atoms with Crippen molar-refractivity contribution in [3.63, 3.8) is 0 Å². The van der Waals surface area contributed by atoms with Gasteiger partial charge in [0.25, 0.3) is 0 Å². The van der Waals surface area contributed by atoms with E-state index in [2.05, 4.69) is 40.8 Å². The smallest absolute Gasteiger partial charge is 0.206 e. The van der Waals surface area contributed by atoms with Gasteiger partial charge >= 0.3 is 0 Å². The summed E-state index contributed by atoms with van der Waals surface area (Å²) in [5, 5.41) is 3.42. The molecule has 2 aromatic carbocycles. The maximum Gasteiger partial charge on any atom is 0.206 e. The molecule has 1 aromatic heterocycles. The van der Waals surface area contributed by atoms with Crippen LogP contribution in [0.25, 0.3) is 11.0 Å². The number of halogens is 1. The Kier molecular flexibility index (Phi) is 5.36. The number of fused-ring (bicyclic) bond motifs is 1. The number of benzene rings is 2. The Morgan fingerprint density at radius 2 is 1.79 bits per heavy atom. The van der Waals surface area contributed by atoms with Gasteiger partial charge in [-0.25, -0.2) is 9.37 Å². The minimum absolute atomic E-state index is 0.118. The summed E-state index contributed by atoms with van der Waals surface area (Å²) in [7, 11) is 0. The number of imidazole rings is 1. The van der Waals surface area contributed by atoms with Gasteiger partial charge in [-0.05, 0) is 60.2 Å². The predicted molar refractivity (Wildman–Crippen MR) is 114 cm³/mol. The first-order chi connectivity index (χ1) is 13.6. The highest BCUT2D eigenvalue weighted by Crippen LogP contribution is 2.28. The number of hydrogen-bond donors (Lipinski definition) is 1. The van der Waals surface area contributed by atoms with Crippen LogP contribution < -0.4 is 10.2 Å². The van der Waals surface area contributed by atoms with Crippen molar-refractivity contribution in [2.24, 2.45) is 0 Å². The van der Waals surface area contributed by atoms with E-state index >= 15 is 0 Å². The van der Waals surface area contributed by atoms with Gasteiger partial charge in [-0.2, -0.15) is 0 Å². The normalized spacial score (nSPS) is 14.8. The minimum atomic E-state index is -0.118. The van der Waals surface area contributed by atoms with Crippen molar-refractivity contribution in [1.82, 2.24) is 14.9 Å². The molecule has 0 aliphatic carbocycles. The molecule has 0 amide bonds. The third-order valence-corrected chi connectivity index (χ3v) is 5.80. The fraction of sp³-hybridized carbons (Fsp3) is 0.435. The molecule has 1 saturated heterocycles. The fourth-order valence-corrected chi connectivity index (χ4v) is 4.13. The van der Waals surface area contributed by atoms with Crippen LogP contribution in [0.3, 0.4) is 0 Å². The van der Waals surface area contributed by atoms with Crippen LogP contribution in [0.1, 0.15) is 36.1 Å². The van der Waals surface area contributed by atoms with Crippen LogP contribution in [0, 0.1) is 12.7 Å². The molecule has 0 radical (unpaired) electrons. The second-order valence-corrected chi connectivity index (χ2v) is 7.64. The molecule has 148 valence electrons. The Morgan fingerprint density at radius 3 is 2.50 bits per heavy atom. The van der Waals surface area contributed by atoms with Crippen molar-refractivity contribution in [3.05, 3.63) is 58.4 Å². The van der Waals surface area contributed by atoms with Crippen molar-refractivity contribution < 1.29 is 4.39 Å². The van der Waals surface area contributed by atoms with Gasteiger partial charge in [0.05, 0.1) is 17.6 Å². The second-order valence-electron chi connectivity index (χ2n) is 7.64. The standard InChI is InChI=1S/C23H29FN4/c1-4-18-14-22-21(12-16(18)3)26-23(27-10-8-25-9-11-27)28(22)15-17-6-7-20(24)19(5-2)13-17/h6-7,12-14,25H,4-5,8-11,15H2,1-3H3. The lowest BCUT2D eigenvalue weighted by Crippen LogP contribution is -2.44. The molecular formula is C23H29FN4. The molecule has 1 aliphatic heterocycles. The molecule has 1 fully saturated rings. The molecule has 1 N–H and O–H groups in total. The molecule has 0 saturated carbocycles. The first-order valence-electron chi connectivity index (χ1n) is 10.3. The molecule has 0 bridgehead atoms. The van der Waals surface area contributed by atoms with E-state index in [-0.39, 0.29) is 5.82 Å². The molecule has 2 heterocycles. The summed E-state index contributed by atoms with van der Waals surface area (Å²) in [6.07, 6.45) is 1.71. The summed E-state index contributed by atoms with van der Waals surface area (Å²) in [5.74, 6) is 0.902. The van der Waals surface area contributed by atoms with Crippen LogP contribution in [0.15, 0.2) is 30.3 Å². The number of aromatic nitrogens is 2. The van der Waals surface area contributed by atoms with E-state index in [1.54, 1.807) is 6.07 Å². The Balaban J connectivity index is 1.83. The number of rotatable bonds is 5. The molecule has 5 heteroatoms. The zero-order valence-electron chi connectivity index (χ0n) is 17.1.